The van der Waals surface area contributed by atoms with E-state index < -0.39 is 0 Å². The number of ether oxygens (including phenoxy) is 2. The summed E-state index contributed by atoms with van der Waals surface area (Å²) in [6.45, 7) is 11.9. The van der Waals surface area contributed by atoms with E-state index in [-0.39, 0.29) is 30.0 Å². The minimum Gasteiger partial charge on any atom is -0.497 e. The van der Waals surface area contributed by atoms with Gasteiger partial charge in [0.25, 0.3) is 0 Å². The van der Waals surface area contributed by atoms with Crippen LogP contribution in [0.3, 0.4) is 0 Å². The van der Waals surface area contributed by atoms with Crippen LogP contribution >= 0.6 is 24.0 Å². The lowest BCUT2D eigenvalue weighted by Gasteiger charge is -2.34. The number of hydrogen-bond donors (Lipinski definition) is 2. The summed E-state index contributed by atoms with van der Waals surface area (Å²) in [6, 6.07) is 8.42. The van der Waals surface area contributed by atoms with Crippen LogP contribution in [0.5, 0.6) is 5.75 Å². The first-order valence-corrected chi connectivity index (χ1v) is 11.2. The van der Waals surface area contributed by atoms with Gasteiger partial charge in [-0.2, -0.15) is 0 Å². The summed E-state index contributed by atoms with van der Waals surface area (Å²) in [7, 11) is 1.69. The van der Waals surface area contributed by atoms with E-state index in [4.69, 9.17) is 14.5 Å². The normalized spacial score (nSPS) is 15.4. The summed E-state index contributed by atoms with van der Waals surface area (Å²) < 4.78 is 13.0. The maximum atomic E-state index is 5.56. The fourth-order valence-corrected chi connectivity index (χ4v) is 3.70. The van der Waals surface area contributed by atoms with Gasteiger partial charge in [0, 0.05) is 39.1 Å². The van der Waals surface area contributed by atoms with E-state index in [9.17, 15) is 0 Å². The van der Waals surface area contributed by atoms with Crippen molar-refractivity contribution in [2.24, 2.45) is 4.99 Å². The third-order valence-electron chi connectivity index (χ3n) is 5.48. The largest absolute Gasteiger partial charge is 0.497 e. The number of hydrogen-bond acceptors (Lipinski definition) is 6. The van der Waals surface area contributed by atoms with Crippen LogP contribution in [0, 0.1) is 0 Å². The third kappa shape index (κ3) is 8.27. The highest BCUT2D eigenvalue weighted by Gasteiger charge is 2.22. The molecule has 0 aliphatic carbocycles. The van der Waals surface area contributed by atoms with Crippen LogP contribution in [-0.4, -0.2) is 78.7 Å². The number of aryl methyl sites for hydroxylation is 1. The van der Waals surface area contributed by atoms with Gasteiger partial charge in [0.15, 0.2) is 5.96 Å². The fourth-order valence-electron chi connectivity index (χ4n) is 3.70. The second kappa shape index (κ2) is 14.9. The molecule has 0 amide bonds. The Balaban J connectivity index is 0.00000385. The van der Waals surface area contributed by atoms with Crippen molar-refractivity contribution in [3.05, 3.63) is 54.6 Å². The molecule has 1 aromatic heterocycles. The molecular formula is C23H36IN7O2. The molecule has 1 fully saturated rings. The summed E-state index contributed by atoms with van der Waals surface area (Å²) in [5.41, 5.74) is 1.22. The van der Waals surface area contributed by atoms with Gasteiger partial charge in [0.2, 0.25) is 0 Å². The smallest absolute Gasteiger partial charge is 0.191 e. The van der Waals surface area contributed by atoms with Gasteiger partial charge in [-0.1, -0.05) is 25.1 Å². The molecule has 1 aromatic carbocycles. The number of nitrogens with one attached hydrogen (secondary N) is 2. The highest BCUT2D eigenvalue weighted by Crippen LogP contribution is 2.24. The van der Waals surface area contributed by atoms with Crippen LogP contribution in [0.2, 0.25) is 0 Å². The minimum atomic E-state index is 0. The van der Waals surface area contributed by atoms with Crippen molar-refractivity contribution in [3.8, 4) is 5.75 Å². The third-order valence-corrected chi connectivity index (χ3v) is 5.48. The van der Waals surface area contributed by atoms with Gasteiger partial charge in [-0.3, -0.25) is 9.89 Å². The Labute approximate surface area is 213 Å². The molecule has 9 nitrogen and oxygen atoms in total. The molecular weight excluding hydrogens is 533 g/mol. The van der Waals surface area contributed by atoms with Crippen molar-refractivity contribution in [1.82, 2.24) is 30.3 Å². The quantitative estimate of drug-likeness (QED) is 0.186. The van der Waals surface area contributed by atoms with Crippen molar-refractivity contribution in [3.63, 3.8) is 0 Å². The van der Waals surface area contributed by atoms with Gasteiger partial charge in [-0.05, 0) is 17.7 Å². The molecule has 1 atom stereocenters. The van der Waals surface area contributed by atoms with E-state index in [1.54, 1.807) is 13.4 Å². The summed E-state index contributed by atoms with van der Waals surface area (Å²) in [4.78, 5) is 7.34. The predicted molar refractivity (Wildman–Crippen MR) is 141 cm³/mol. The van der Waals surface area contributed by atoms with Crippen LogP contribution in [0.25, 0.3) is 0 Å². The second-order valence-electron chi connectivity index (χ2n) is 7.52. The molecule has 33 heavy (non-hydrogen) atoms. The maximum Gasteiger partial charge on any atom is 0.191 e. The maximum absolute atomic E-state index is 5.56. The first-order valence-electron chi connectivity index (χ1n) is 11.2. The number of halogens is 1. The number of benzene rings is 1. The molecule has 1 saturated heterocycles. The van der Waals surface area contributed by atoms with Gasteiger partial charge in [0.1, 0.15) is 17.9 Å². The van der Waals surface area contributed by atoms with Crippen molar-refractivity contribution >= 4 is 29.9 Å². The summed E-state index contributed by atoms with van der Waals surface area (Å²) in [6.07, 6.45) is 4.46. The van der Waals surface area contributed by atoms with Crippen molar-refractivity contribution in [2.75, 3.05) is 53.0 Å². The molecule has 3 rings (SSSR count). The van der Waals surface area contributed by atoms with Crippen LogP contribution in [0.15, 0.2) is 48.2 Å². The molecule has 0 bridgehead atoms. The average molecular weight is 569 g/mol. The molecule has 182 valence electrons. The van der Waals surface area contributed by atoms with Gasteiger partial charge >= 0.3 is 0 Å². The SMILES string of the molecule is C=CCNC(=NCC(c1ccc(OC)cc1)N1CCOCC1)NCCn1cnnc1CC.I. The Kier molecular flexibility index (Phi) is 12.2. The van der Waals surface area contributed by atoms with Gasteiger partial charge in [-0.25, -0.2) is 0 Å². The van der Waals surface area contributed by atoms with Crippen LogP contribution in [0.4, 0.5) is 0 Å². The van der Waals surface area contributed by atoms with E-state index in [0.29, 0.717) is 13.1 Å². The first kappa shape index (κ1) is 27.1. The zero-order chi connectivity index (χ0) is 22.6. The van der Waals surface area contributed by atoms with Crippen molar-refractivity contribution < 1.29 is 9.47 Å². The summed E-state index contributed by atoms with van der Waals surface area (Å²) in [5, 5.41) is 14.9. The molecule has 0 radical (unpaired) electrons. The van der Waals surface area contributed by atoms with Gasteiger partial charge in [0.05, 0.1) is 32.9 Å². The molecule has 2 heterocycles. The zero-order valence-electron chi connectivity index (χ0n) is 19.6. The number of rotatable bonds is 11. The molecule has 1 aliphatic rings. The topological polar surface area (TPSA) is 88.8 Å². The van der Waals surface area contributed by atoms with E-state index >= 15 is 0 Å². The zero-order valence-corrected chi connectivity index (χ0v) is 21.9. The highest BCUT2D eigenvalue weighted by molar-refractivity contribution is 14.0. The lowest BCUT2D eigenvalue weighted by Crippen LogP contribution is -2.42. The molecule has 1 aliphatic heterocycles. The number of guanidine groups is 1. The average Bonchev–Trinajstić information content (AvgIpc) is 3.30. The van der Waals surface area contributed by atoms with Crippen LogP contribution < -0.4 is 15.4 Å². The van der Waals surface area contributed by atoms with E-state index in [1.807, 2.05) is 18.2 Å². The molecule has 10 heteroatoms. The first-order chi connectivity index (χ1) is 15.7. The highest BCUT2D eigenvalue weighted by atomic mass is 127. The van der Waals surface area contributed by atoms with Crippen LogP contribution in [-0.2, 0) is 17.7 Å². The van der Waals surface area contributed by atoms with E-state index in [2.05, 4.69) is 55.9 Å². The lowest BCUT2D eigenvalue weighted by molar-refractivity contribution is 0.0179. The minimum absolute atomic E-state index is 0. The van der Waals surface area contributed by atoms with Crippen molar-refractivity contribution in [1.29, 1.82) is 0 Å². The number of morpholine rings is 1. The second-order valence-corrected chi connectivity index (χ2v) is 7.52. The van der Waals surface area contributed by atoms with E-state index in [1.165, 1.54) is 5.56 Å². The Morgan fingerprint density at radius 2 is 2.03 bits per heavy atom. The van der Waals surface area contributed by atoms with Gasteiger partial charge < -0.3 is 24.7 Å². The number of nitrogens with zero attached hydrogens (tertiary/aromatic N) is 5. The molecule has 1 unspecified atom stereocenters. The molecule has 2 N–H and O–H groups in total. The van der Waals surface area contributed by atoms with Crippen molar-refractivity contribution in [2.45, 2.75) is 25.9 Å². The fraction of sp³-hybridized carbons (Fsp3) is 0.522. The monoisotopic (exact) mass is 569 g/mol. The summed E-state index contributed by atoms with van der Waals surface area (Å²) >= 11 is 0. The Morgan fingerprint density at radius 1 is 1.27 bits per heavy atom. The van der Waals surface area contributed by atoms with Gasteiger partial charge in [-0.15, -0.1) is 40.8 Å². The lowest BCUT2D eigenvalue weighted by atomic mass is 10.0. The molecule has 0 saturated carbocycles. The standard InChI is InChI=1S/C23H35N7O2.HI/c1-4-10-24-23(25-11-12-30-18-27-28-22(30)5-2)26-17-21(29-13-15-32-16-14-29)19-6-8-20(31-3)9-7-19;/h4,6-9,18,21H,1,5,10-17H2,2-3H3,(H2,24,25,26);1H. The molecule has 0 spiro atoms. The predicted octanol–water partition coefficient (Wildman–Crippen LogP) is 2.26. The molecule has 2 aromatic rings. The Morgan fingerprint density at radius 3 is 2.70 bits per heavy atom. The Hall–Kier alpha value is -2.18. The number of aliphatic imine (C=N–C) groups is 1. The number of aromatic nitrogens is 3. The van der Waals surface area contributed by atoms with E-state index in [0.717, 1.165) is 63.3 Å². The van der Waals surface area contributed by atoms with Crippen LogP contribution in [0.1, 0.15) is 24.4 Å². The number of methoxy groups -OCH3 is 1. The Bertz CT molecular complexity index is 851. The summed E-state index contributed by atoms with van der Waals surface area (Å²) in [5.74, 6) is 2.60.